The van der Waals surface area contributed by atoms with Crippen LogP contribution in [0.3, 0.4) is 0 Å². The van der Waals surface area contributed by atoms with Crippen LogP contribution in [0.25, 0.3) is 16.4 Å². The van der Waals surface area contributed by atoms with Gasteiger partial charge in [-0.15, -0.1) is 16.4 Å². The number of benzene rings is 2. The van der Waals surface area contributed by atoms with Crippen molar-refractivity contribution in [2.24, 2.45) is 0 Å². The van der Waals surface area contributed by atoms with Crippen molar-refractivity contribution in [1.82, 2.24) is 14.8 Å². The Hall–Kier alpha value is -3.46. The van der Waals surface area contributed by atoms with E-state index in [9.17, 15) is 18.0 Å². The third-order valence-electron chi connectivity index (χ3n) is 4.68. The van der Waals surface area contributed by atoms with Gasteiger partial charge < -0.3 is 4.90 Å². The Morgan fingerprint density at radius 3 is 2.45 bits per heavy atom. The maximum absolute atomic E-state index is 13.2. The summed E-state index contributed by atoms with van der Waals surface area (Å²) in [5.41, 5.74) is 1.07. The highest BCUT2D eigenvalue weighted by molar-refractivity contribution is 7.13. The largest absolute Gasteiger partial charge is 0.416 e. The number of anilines is 1. The van der Waals surface area contributed by atoms with Gasteiger partial charge in [-0.3, -0.25) is 4.79 Å². The average Bonchev–Trinajstić information content (AvgIpc) is 3.42. The Bertz CT molecular complexity index is 1210. The number of carbonyl (C=O) groups is 1. The van der Waals surface area contributed by atoms with Crippen LogP contribution < -0.4 is 4.90 Å². The summed E-state index contributed by atoms with van der Waals surface area (Å²) in [6.07, 6.45) is -4.50. The lowest BCUT2D eigenvalue weighted by Crippen LogP contribution is -2.27. The SMILES string of the molecule is Cc1ccc(N(C)C(=O)c2nc(-c3cccs3)n(-c3cccc(C(F)(F)F)c3)n2)cc1. The van der Waals surface area contributed by atoms with Crippen LogP contribution in [-0.2, 0) is 6.18 Å². The van der Waals surface area contributed by atoms with Crippen molar-refractivity contribution in [3.63, 3.8) is 0 Å². The minimum absolute atomic E-state index is 0.108. The molecule has 0 N–H and O–H groups in total. The molecule has 0 unspecified atom stereocenters. The number of nitrogens with zero attached hydrogens (tertiary/aromatic N) is 4. The van der Waals surface area contributed by atoms with Gasteiger partial charge in [-0.2, -0.15) is 13.2 Å². The van der Waals surface area contributed by atoms with Crippen molar-refractivity contribution in [3.05, 3.63) is 83.0 Å². The minimum Gasteiger partial charge on any atom is -0.309 e. The average molecular weight is 442 g/mol. The van der Waals surface area contributed by atoms with E-state index in [1.165, 1.54) is 33.1 Å². The Balaban J connectivity index is 1.78. The zero-order valence-electron chi connectivity index (χ0n) is 16.6. The highest BCUT2D eigenvalue weighted by atomic mass is 32.1. The molecule has 4 rings (SSSR count). The van der Waals surface area contributed by atoms with E-state index in [0.717, 1.165) is 17.7 Å². The molecule has 0 aliphatic rings. The summed E-state index contributed by atoms with van der Waals surface area (Å²) < 4.78 is 40.9. The number of halogens is 3. The number of amides is 1. The molecule has 2 aromatic carbocycles. The molecule has 2 heterocycles. The predicted octanol–water partition coefficient (Wildman–Crippen LogP) is 5.60. The number of hydrogen-bond acceptors (Lipinski definition) is 4. The Labute approximate surface area is 180 Å². The van der Waals surface area contributed by atoms with E-state index in [0.29, 0.717) is 16.4 Å². The highest BCUT2D eigenvalue weighted by Crippen LogP contribution is 2.32. The lowest BCUT2D eigenvalue weighted by atomic mass is 10.2. The molecule has 31 heavy (non-hydrogen) atoms. The predicted molar refractivity (Wildman–Crippen MR) is 114 cm³/mol. The van der Waals surface area contributed by atoms with E-state index >= 15 is 0 Å². The van der Waals surface area contributed by atoms with Crippen molar-refractivity contribution in [2.45, 2.75) is 13.1 Å². The summed E-state index contributed by atoms with van der Waals surface area (Å²) in [6, 6.07) is 15.7. The van der Waals surface area contributed by atoms with Gasteiger partial charge in [0, 0.05) is 12.7 Å². The molecule has 1 amide bonds. The highest BCUT2D eigenvalue weighted by Gasteiger charge is 2.31. The second-order valence-electron chi connectivity index (χ2n) is 6.90. The van der Waals surface area contributed by atoms with Crippen molar-refractivity contribution in [1.29, 1.82) is 0 Å². The molecular formula is C22H17F3N4OS. The summed E-state index contributed by atoms with van der Waals surface area (Å²) in [7, 11) is 1.60. The second-order valence-corrected chi connectivity index (χ2v) is 7.84. The Morgan fingerprint density at radius 2 is 1.81 bits per heavy atom. The number of aryl methyl sites for hydroxylation is 1. The smallest absolute Gasteiger partial charge is 0.309 e. The molecule has 9 heteroatoms. The molecule has 2 aromatic heterocycles. The number of carbonyl (C=O) groups excluding carboxylic acids is 1. The number of rotatable bonds is 4. The van der Waals surface area contributed by atoms with Crippen LogP contribution in [0.2, 0.25) is 0 Å². The van der Waals surface area contributed by atoms with Crippen LogP contribution >= 0.6 is 11.3 Å². The van der Waals surface area contributed by atoms with Gasteiger partial charge in [0.05, 0.1) is 16.1 Å². The molecular weight excluding hydrogens is 425 g/mol. The molecule has 4 aromatic rings. The first-order valence-corrected chi connectivity index (χ1v) is 10.2. The topological polar surface area (TPSA) is 51.0 Å². The third kappa shape index (κ3) is 4.22. The summed E-state index contributed by atoms with van der Waals surface area (Å²) in [6.45, 7) is 1.94. The molecule has 0 radical (unpaired) electrons. The lowest BCUT2D eigenvalue weighted by Gasteiger charge is -2.15. The van der Waals surface area contributed by atoms with E-state index in [4.69, 9.17) is 0 Å². The van der Waals surface area contributed by atoms with Gasteiger partial charge in [0.25, 0.3) is 5.91 Å². The molecule has 0 aliphatic heterocycles. The van der Waals surface area contributed by atoms with Gasteiger partial charge in [0.2, 0.25) is 5.82 Å². The summed E-state index contributed by atoms with van der Waals surface area (Å²) in [4.78, 5) is 19.5. The van der Waals surface area contributed by atoms with Gasteiger partial charge >= 0.3 is 6.18 Å². The van der Waals surface area contributed by atoms with Crippen LogP contribution in [-0.4, -0.2) is 27.7 Å². The van der Waals surface area contributed by atoms with Gasteiger partial charge in [-0.25, -0.2) is 9.67 Å². The van der Waals surface area contributed by atoms with Crippen LogP contribution in [0, 0.1) is 6.92 Å². The lowest BCUT2D eigenvalue weighted by molar-refractivity contribution is -0.137. The monoisotopic (exact) mass is 442 g/mol. The van der Waals surface area contributed by atoms with Gasteiger partial charge in [0.15, 0.2) is 5.82 Å². The standard InChI is InChI=1S/C22H17F3N4OS/c1-14-8-10-16(11-9-14)28(2)21(30)19-26-20(18-7-4-12-31-18)29(27-19)17-6-3-5-15(13-17)22(23,24)25/h3-13H,1-2H3. The molecule has 0 atom stereocenters. The molecule has 0 fully saturated rings. The second kappa shape index (κ2) is 7.99. The van der Waals surface area contributed by atoms with E-state index in [2.05, 4.69) is 10.1 Å². The zero-order valence-corrected chi connectivity index (χ0v) is 17.4. The van der Waals surface area contributed by atoms with E-state index in [1.807, 2.05) is 24.4 Å². The molecule has 158 valence electrons. The van der Waals surface area contributed by atoms with Crippen LogP contribution in [0.5, 0.6) is 0 Å². The molecule has 0 aliphatic carbocycles. The fourth-order valence-corrected chi connectivity index (χ4v) is 3.70. The molecule has 0 bridgehead atoms. The summed E-state index contributed by atoms with van der Waals surface area (Å²) in [5.74, 6) is -0.272. The number of aromatic nitrogens is 3. The van der Waals surface area contributed by atoms with Gasteiger partial charge in [-0.1, -0.05) is 29.8 Å². The van der Waals surface area contributed by atoms with E-state index in [1.54, 1.807) is 31.3 Å². The normalized spacial score (nSPS) is 11.5. The third-order valence-corrected chi connectivity index (χ3v) is 5.55. The summed E-state index contributed by atoms with van der Waals surface area (Å²) in [5, 5.41) is 6.10. The minimum atomic E-state index is -4.50. The molecule has 0 spiro atoms. The van der Waals surface area contributed by atoms with Gasteiger partial charge in [0.1, 0.15) is 0 Å². The first kappa shape index (κ1) is 20.8. The maximum Gasteiger partial charge on any atom is 0.416 e. The fourth-order valence-electron chi connectivity index (χ4n) is 3.00. The van der Waals surface area contributed by atoms with Crippen LogP contribution in [0.15, 0.2) is 66.0 Å². The van der Waals surface area contributed by atoms with Crippen LogP contribution in [0.4, 0.5) is 18.9 Å². The first-order valence-electron chi connectivity index (χ1n) is 9.27. The zero-order chi connectivity index (χ0) is 22.2. The van der Waals surface area contributed by atoms with E-state index < -0.39 is 17.6 Å². The summed E-state index contributed by atoms with van der Waals surface area (Å²) >= 11 is 1.36. The van der Waals surface area contributed by atoms with Crippen molar-refractivity contribution in [2.75, 3.05) is 11.9 Å². The molecule has 0 saturated carbocycles. The van der Waals surface area contributed by atoms with Crippen molar-refractivity contribution >= 4 is 22.9 Å². The van der Waals surface area contributed by atoms with E-state index in [-0.39, 0.29) is 11.5 Å². The number of alkyl halides is 3. The fraction of sp³-hybridized carbons (Fsp3) is 0.136. The quantitative estimate of drug-likeness (QED) is 0.413. The number of thiophene rings is 1. The number of hydrogen-bond donors (Lipinski definition) is 0. The van der Waals surface area contributed by atoms with Crippen LogP contribution in [0.1, 0.15) is 21.7 Å². The Morgan fingerprint density at radius 1 is 1.06 bits per heavy atom. The van der Waals surface area contributed by atoms with Crippen molar-refractivity contribution < 1.29 is 18.0 Å². The maximum atomic E-state index is 13.2. The Kier molecular flexibility index (Phi) is 5.36. The molecule has 0 saturated heterocycles. The van der Waals surface area contributed by atoms with Crippen molar-refractivity contribution in [3.8, 4) is 16.4 Å². The molecule has 5 nitrogen and oxygen atoms in total. The van der Waals surface area contributed by atoms with Gasteiger partial charge in [-0.05, 0) is 48.7 Å². The first-order chi connectivity index (χ1) is 14.7.